The van der Waals surface area contributed by atoms with E-state index in [4.69, 9.17) is 9.31 Å². The third kappa shape index (κ3) is 5.23. The molecule has 0 aliphatic carbocycles. The van der Waals surface area contributed by atoms with Gasteiger partial charge in [-0.1, -0.05) is 48.9 Å². The largest absolute Gasteiger partial charge is 0.465 e. The van der Waals surface area contributed by atoms with Crippen LogP contribution in [0.3, 0.4) is 0 Å². The van der Waals surface area contributed by atoms with E-state index in [2.05, 4.69) is 101 Å². The molecule has 2 aromatic carbocycles. The van der Waals surface area contributed by atoms with Gasteiger partial charge in [0.25, 0.3) is 0 Å². The highest BCUT2D eigenvalue weighted by Gasteiger charge is 2.53. The molecule has 0 spiro atoms. The molecule has 2 aromatic rings. The maximum Gasteiger partial charge on any atom is 0.465 e. The maximum atomic E-state index is 6.44. The molecule has 1 atom stereocenters. The Balaban J connectivity index is 1.71. The van der Waals surface area contributed by atoms with E-state index in [1.54, 1.807) is 0 Å². The lowest BCUT2D eigenvalue weighted by molar-refractivity contribution is 0.00578. The molecule has 0 N–H and O–H groups in total. The Morgan fingerprint density at radius 3 is 1.97 bits per heavy atom. The summed E-state index contributed by atoms with van der Waals surface area (Å²) >= 11 is 0. The van der Waals surface area contributed by atoms with Crippen molar-refractivity contribution in [1.82, 2.24) is 0 Å². The van der Waals surface area contributed by atoms with E-state index >= 15 is 0 Å². The lowest BCUT2D eigenvalue weighted by Crippen LogP contribution is -2.41. The molecule has 4 heteroatoms. The summed E-state index contributed by atoms with van der Waals surface area (Å²) in [5.74, 6) is 0.239. The molecule has 1 heterocycles. The van der Waals surface area contributed by atoms with Crippen molar-refractivity contribution in [3.05, 3.63) is 65.7 Å². The van der Waals surface area contributed by atoms with Gasteiger partial charge in [0.15, 0.2) is 0 Å². The Hall–Kier alpha value is -1.78. The van der Waals surface area contributed by atoms with Gasteiger partial charge in [0.2, 0.25) is 0 Å². The molecule has 0 saturated carbocycles. The predicted octanol–water partition coefficient (Wildman–Crippen LogP) is 5.88. The van der Waals surface area contributed by atoms with Gasteiger partial charge in [-0.3, -0.25) is 0 Å². The summed E-state index contributed by atoms with van der Waals surface area (Å²) in [6.45, 7) is 8.53. The first kappa shape index (κ1) is 21.9. The number of aryl methyl sites for hydroxylation is 1. The Labute approximate surface area is 177 Å². The molecule has 156 valence electrons. The van der Waals surface area contributed by atoms with Gasteiger partial charge in [0, 0.05) is 25.6 Å². The Kier molecular flexibility index (Phi) is 6.75. The number of anilines is 1. The SMILES string of the molecule is CN(C)c1ccc([C@@H](CCCCc2ccccc2)B2OC(C)(C)C(C)(C)O2)cc1. The predicted molar refractivity (Wildman–Crippen MR) is 124 cm³/mol. The molecule has 3 nitrogen and oxygen atoms in total. The average Bonchev–Trinajstić information content (AvgIpc) is 2.89. The highest BCUT2D eigenvalue weighted by atomic mass is 16.7. The normalized spacial score (nSPS) is 18.6. The molecule has 0 unspecified atom stereocenters. The van der Waals surface area contributed by atoms with Gasteiger partial charge in [-0.05, 0) is 70.2 Å². The third-order valence-corrected chi connectivity index (χ3v) is 6.51. The molecule has 1 aliphatic rings. The molecule has 0 bridgehead atoms. The fourth-order valence-corrected chi connectivity index (χ4v) is 3.87. The van der Waals surface area contributed by atoms with Crippen LogP contribution in [0.5, 0.6) is 0 Å². The summed E-state index contributed by atoms with van der Waals surface area (Å²) in [4.78, 5) is 2.13. The second-order valence-corrected chi connectivity index (χ2v) is 9.45. The van der Waals surface area contributed by atoms with Crippen LogP contribution in [-0.4, -0.2) is 32.4 Å². The lowest BCUT2D eigenvalue weighted by Gasteiger charge is -2.32. The van der Waals surface area contributed by atoms with Crippen molar-refractivity contribution < 1.29 is 9.31 Å². The van der Waals surface area contributed by atoms with Gasteiger partial charge >= 0.3 is 7.12 Å². The first-order chi connectivity index (χ1) is 13.7. The Bertz CT molecular complexity index is 755. The second-order valence-electron chi connectivity index (χ2n) is 9.45. The molecular weight excluding hydrogens is 357 g/mol. The molecular formula is C25H36BNO2. The van der Waals surface area contributed by atoms with Crippen LogP contribution in [0.15, 0.2) is 54.6 Å². The quantitative estimate of drug-likeness (QED) is 0.413. The number of unbranched alkanes of at least 4 members (excludes halogenated alkanes) is 1. The van der Waals surface area contributed by atoms with Crippen LogP contribution in [0, 0.1) is 0 Å². The summed E-state index contributed by atoms with van der Waals surface area (Å²) in [6, 6.07) is 19.6. The number of rotatable bonds is 8. The van der Waals surface area contributed by atoms with Crippen molar-refractivity contribution in [3.8, 4) is 0 Å². The van der Waals surface area contributed by atoms with E-state index in [0.29, 0.717) is 0 Å². The molecule has 0 amide bonds. The van der Waals surface area contributed by atoms with Crippen molar-refractivity contribution in [3.63, 3.8) is 0 Å². The molecule has 0 aromatic heterocycles. The van der Waals surface area contributed by atoms with Crippen LogP contribution in [-0.2, 0) is 15.7 Å². The highest BCUT2D eigenvalue weighted by Crippen LogP contribution is 2.42. The van der Waals surface area contributed by atoms with E-state index in [-0.39, 0.29) is 24.1 Å². The number of nitrogens with zero attached hydrogens (tertiary/aromatic N) is 1. The van der Waals surface area contributed by atoms with Crippen LogP contribution in [0.25, 0.3) is 0 Å². The Morgan fingerprint density at radius 1 is 0.828 bits per heavy atom. The average molecular weight is 393 g/mol. The van der Waals surface area contributed by atoms with Crippen LogP contribution >= 0.6 is 0 Å². The van der Waals surface area contributed by atoms with Crippen LogP contribution in [0.1, 0.15) is 63.9 Å². The molecule has 1 saturated heterocycles. The smallest absolute Gasteiger partial charge is 0.403 e. The number of hydrogen-bond donors (Lipinski definition) is 0. The van der Waals surface area contributed by atoms with Crippen LogP contribution < -0.4 is 4.90 Å². The first-order valence-corrected chi connectivity index (χ1v) is 10.9. The topological polar surface area (TPSA) is 21.7 Å². The minimum atomic E-state index is -0.302. The number of benzene rings is 2. The number of hydrogen-bond acceptors (Lipinski definition) is 3. The van der Waals surface area contributed by atoms with Crippen molar-refractivity contribution in [1.29, 1.82) is 0 Å². The zero-order chi connectivity index (χ0) is 21.1. The second kappa shape index (κ2) is 8.93. The highest BCUT2D eigenvalue weighted by molar-refractivity contribution is 6.47. The Morgan fingerprint density at radius 2 is 1.41 bits per heavy atom. The van der Waals surface area contributed by atoms with Gasteiger partial charge in [-0.25, -0.2) is 0 Å². The molecule has 1 fully saturated rings. The van der Waals surface area contributed by atoms with E-state index in [1.807, 2.05) is 0 Å². The van der Waals surface area contributed by atoms with Gasteiger partial charge < -0.3 is 14.2 Å². The molecule has 3 rings (SSSR count). The minimum absolute atomic E-state index is 0.207. The summed E-state index contributed by atoms with van der Waals surface area (Å²) < 4.78 is 12.9. The third-order valence-electron chi connectivity index (χ3n) is 6.51. The summed E-state index contributed by atoms with van der Waals surface area (Å²) in [7, 11) is 3.94. The van der Waals surface area contributed by atoms with Crippen LogP contribution in [0.2, 0.25) is 0 Å². The lowest BCUT2D eigenvalue weighted by atomic mass is 9.65. The first-order valence-electron chi connectivity index (χ1n) is 10.9. The maximum absolute atomic E-state index is 6.44. The molecule has 0 radical (unpaired) electrons. The van der Waals surface area contributed by atoms with Gasteiger partial charge in [-0.2, -0.15) is 0 Å². The van der Waals surface area contributed by atoms with Gasteiger partial charge in [0.1, 0.15) is 0 Å². The van der Waals surface area contributed by atoms with E-state index < -0.39 is 0 Å². The fourth-order valence-electron chi connectivity index (χ4n) is 3.87. The van der Waals surface area contributed by atoms with Crippen molar-refractivity contribution in [2.75, 3.05) is 19.0 Å². The van der Waals surface area contributed by atoms with Gasteiger partial charge in [-0.15, -0.1) is 0 Å². The van der Waals surface area contributed by atoms with E-state index in [9.17, 15) is 0 Å². The van der Waals surface area contributed by atoms with Crippen molar-refractivity contribution >= 4 is 12.8 Å². The minimum Gasteiger partial charge on any atom is -0.403 e. The van der Waals surface area contributed by atoms with E-state index in [0.717, 1.165) is 19.3 Å². The monoisotopic (exact) mass is 393 g/mol. The summed E-state index contributed by atoms with van der Waals surface area (Å²) in [6.07, 6.45) is 4.51. The standard InChI is InChI=1S/C25H36BNO2/c1-24(2)25(3,4)29-26(28-24)23(21-16-18-22(19-17-21)27(5)6)15-11-10-14-20-12-8-7-9-13-20/h7-9,12-13,16-19,23H,10-11,14-15H2,1-6H3/t23-/m1/s1. The summed E-state index contributed by atoms with van der Waals surface area (Å²) in [5.41, 5.74) is 3.32. The van der Waals surface area contributed by atoms with E-state index in [1.165, 1.54) is 23.2 Å². The van der Waals surface area contributed by atoms with Crippen molar-refractivity contribution in [2.45, 2.75) is 70.4 Å². The molecule has 1 aliphatic heterocycles. The summed E-state index contributed by atoms with van der Waals surface area (Å²) in [5, 5.41) is 0. The zero-order valence-electron chi connectivity index (χ0n) is 18.9. The van der Waals surface area contributed by atoms with Gasteiger partial charge in [0.05, 0.1) is 11.2 Å². The zero-order valence-corrected chi connectivity index (χ0v) is 18.9. The molecule has 29 heavy (non-hydrogen) atoms. The van der Waals surface area contributed by atoms with Crippen LogP contribution in [0.4, 0.5) is 5.69 Å². The van der Waals surface area contributed by atoms with Crippen molar-refractivity contribution in [2.24, 2.45) is 0 Å². The fraction of sp³-hybridized carbons (Fsp3) is 0.520.